The van der Waals surface area contributed by atoms with E-state index in [2.05, 4.69) is 20.6 Å². The van der Waals surface area contributed by atoms with Gasteiger partial charge in [0.05, 0.1) is 18.5 Å². The summed E-state index contributed by atoms with van der Waals surface area (Å²) in [6.07, 6.45) is 4.79. The van der Waals surface area contributed by atoms with Gasteiger partial charge in [-0.1, -0.05) is 0 Å². The molecule has 2 amide bonds. The van der Waals surface area contributed by atoms with Gasteiger partial charge in [-0.2, -0.15) is 5.10 Å². The predicted molar refractivity (Wildman–Crippen MR) is 72.2 cm³/mol. The molecule has 2 N–H and O–H groups in total. The van der Waals surface area contributed by atoms with Crippen LogP contribution < -0.4 is 15.5 Å². The van der Waals surface area contributed by atoms with Gasteiger partial charge in [-0.25, -0.2) is 4.79 Å². The Hall–Kier alpha value is -1.76. The number of aryl methyl sites for hydroxylation is 1. The number of hydrogen-bond donors (Lipinski definition) is 2. The minimum Gasteiger partial charge on any atom is -0.383 e. The number of amides is 2. The zero-order chi connectivity index (χ0) is 13.7. The maximum absolute atomic E-state index is 11.6. The van der Waals surface area contributed by atoms with Crippen molar-refractivity contribution >= 4 is 11.7 Å². The zero-order valence-corrected chi connectivity index (χ0v) is 11.4. The molecule has 7 nitrogen and oxygen atoms in total. The standard InChI is InChI=1S/C12H21N5O2/c1-16-9-11(7-14-16)17-5-3-10(8-17)15-12(18)13-4-6-19-2/h7,9-10H,3-6,8H2,1-2H3,(H2,13,15,18)/t10-/m0/s1. The van der Waals surface area contributed by atoms with Crippen molar-refractivity contribution < 1.29 is 9.53 Å². The molecule has 1 saturated heterocycles. The van der Waals surface area contributed by atoms with Crippen LogP contribution in [-0.2, 0) is 11.8 Å². The molecule has 1 atom stereocenters. The molecular weight excluding hydrogens is 246 g/mol. The number of carbonyl (C=O) groups excluding carboxylic acids is 1. The number of methoxy groups -OCH3 is 1. The molecule has 0 unspecified atom stereocenters. The first-order valence-electron chi connectivity index (χ1n) is 6.46. The second-order valence-corrected chi connectivity index (χ2v) is 4.70. The second kappa shape index (κ2) is 6.42. The monoisotopic (exact) mass is 267 g/mol. The highest BCUT2D eigenvalue weighted by Gasteiger charge is 2.24. The molecule has 0 aliphatic carbocycles. The topological polar surface area (TPSA) is 71.4 Å². The summed E-state index contributed by atoms with van der Waals surface area (Å²) in [5, 5.41) is 9.89. The highest BCUT2D eigenvalue weighted by Crippen LogP contribution is 2.18. The highest BCUT2D eigenvalue weighted by atomic mass is 16.5. The third kappa shape index (κ3) is 3.85. The number of hydrogen-bond acceptors (Lipinski definition) is 4. The molecule has 1 fully saturated rings. The largest absolute Gasteiger partial charge is 0.383 e. The van der Waals surface area contributed by atoms with Crippen molar-refractivity contribution in [1.29, 1.82) is 0 Å². The smallest absolute Gasteiger partial charge is 0.315 e. The number of nitrogens with one attached hydrogen (secondary N) is 2. The molecule has 0 spiro atoms. The highest BCUT2D eigenvalue weighted by molar-refractivity contribution is 5.74. The van der Waals surface area contributed by atoms with Gasteiger partial charge in [0.15, 0.2) is 0 Å². The van der Waals surface area contributed by atoms with Crippen molar-refractivity contribution in [3.05, 3.63) is 12.4 Å². The number of ether oxygens (including phenoxy) is 1. The first-order chi connectivity index (χ1) is 9.19. The Kier molecular flexibility index (Phi) is 4.62. The van der Waals surface area contributed by atoms with Gasteiger partial charge in [-0.05, 0) is 6.42 Å². The third-order valence-corrected chi connectivity index (χ3v) is 3.17. The summed E-state index contributed by atoms with van der Waals surface area (Å²) in [4.78, 5) is 13.8. The molecule has 0 aromatic carbocycles. The first kappa shape index (κ1) is 13.7. The van der Waals surface area contributed by atoms with Gasteiger partial charge in [0.2, 0.25) is 0 Å². The number of carbonyl (C=O) groups is 1. The van der Waals surface area contributed by atoms with Crippen molar-refractivity contribution in [3.8, 4) is 0 Å². The van der Waals surface area contributed by atoms with Crippen molar-refractivity contribution in [3.63, 3.8) is 0 Å². The molecule has 106 valence electrons. The van der Waals surface area contributed by atoms with E-state index in [1.165, 1.54) is 0 Å². The molecule has 0 saturated carbocycles. The summed E-state index contributed by atoms with van der Waals surface area (Å²) in [6, 6.07) is 0.0536. The summed E-state index contributed by atoms with van der Waals surface area (Å²) in [5.41, 5.74) is 1.10. The zero-order valence-electron chi connectivity index (χ0n) is 11.4. The summed E-state index contributed by atoms with van der Waals surface area (Å²) in [5.74, 6) is 0. The number of aromatic nitrogens is 2. The number of rotatable bonds is 5. The van der Waals surface area contributed by atoms with Crippen molar-refractivity contribution in [2.75, 3.05) is 38.3 Å². The first-order valence-corrected chi connectivity index (χ1v) is 6.46. The van der Waals surface area contributed by atoms with Crippen LogP contribution in [0.3, 0.4) is 0 Å². The predicted octanol–water partition coefficient (Wildman–Crippen LogP) is -0.0556. The lowest BCUT2D eigenvalue weighted by Gasteiger charge is -2.17. The maximum Gasteiger partial charge on any atom is 0.315 e. The number of urea groups is 1. The van der Waals surface area contributed by atoms with E-state index in [4.69, 9.17) is 4.74 Å². The van der Waals surface area contributed by atoms with E-state index in [1.807, 2.05) is 19.4 Å². The van der Waals surface area contributed by atoms with Crippen LogP contribution in [0.25, 0.3) is 0 Å². The van der Waals surface area contributed by atoms with Crippen LogP contribution in [-0.4, -0.2) is 55.2 Å². The molecule has 1 aromatic rings. The van der Waals surface area contributed by atoms with Gasteiger partial charge in [-0.15, -0.1) is 0 Å². The Morgan fingerprint density at radius 2 is 2.47 bits per heavy atom. The van der Waals surface area contributed by atoms with E-state index in [0.717, 1.165) is 25.2 Å². The average Bonchev–Trinajstić information content (AvgIpc) is 2.98. The van der Waals surface area contributed by atoms with Crippen LogP contribution in [0, 0.1) is 0 Å². The Morgan fingerprint density at radius 1 is 1.63 bits per heavy atom. The molecule has 0 radical (unpaired) electrons. The van der Waals surface area contributed by atoms with Gasteiger partial charge in [0.25, 0.3) is 0 Å². The summed E-state index contributed by atoms with van der Waals surface area (Å²) < 4.78 is 6.66. The number of nitrogens with zero attached hydrogens (tertiary/aromatic N) is 3. The van der Waals surface area contributed by atoms with E-state index in [9.17, 15) is 4.79 Å². The molecule has 7 heteroatoms. The normalized spacial score (nSPS) is 18.6. The fourth-order valence-corrected chi connectivity index (χ4v) is 2.19. The lowest BCUT2D eigenvalue weighted by Crippen LogP contribution is -2.44. The SMILES string of the molecule is COCCNC(=O)N[C@H]1CCN(c2cnn(C)c2)C1. The van der Waals surface area contributed by atoms with Crippen LogP contribution in [0.15, 0.2) is 12.4 Å². The number of anilines is 1. The van der Waals surface area contributed by atoms with Crippen LogP contribution in [0.2, 0.25) is 0 Å². The molecular formula is C12H21N5O2. The van der Waals surface area contributed by atoms with Crippen LogP contribution in [0.5, 0.6) is 0 Å². The minimum atomic E-state index is -0.130. The van der Waals surface area contributed by atoms with Gasteiger partial charge in [0, 0.05) is 46.0 Å². The Labute approximate surface area is 112 Å². The summed E-state index contributed by atoms with van der Waals surface area (Å²) in [6.45, 7) is 2.82. The lowest BCUT2D eigenvalue weighted by atomic mass is 10.3. The van der Waals surface area contributed by atoms with E-state index in [0.29, 0.717) is 13.2 Å². The molecule has 2 heterocycles. The van der Waals surface area contributed by atoms with Crippen molar-refractivity contribution in [2.45, 2.75) is 12.5 Å². The van der Waals surface area contributed by atoms with E-state index in [-0.39, 0.29) is 12.1 Å². The van der Waals surface area contributed by atoms with E-state index < -0.39 is 0 Å². The van der Waals surface area contributed by atoms with Crippen molar-refractivity contribution in [2.24, 2.45) is 7.05 Å². The minimum absolute atomic E-state index is 0.130. The van der Waals surface area contributed by atoms with Gasteiger partial charge < -0.3 is 20.3 Å². The summed E-state index contributed by atoms with van der Waals surface area (Å²) in [7, 11) is 3.51. The molecule has 19 heavy (non-hydrogen) atoms. The molecule has 1 aliphatic heterocycles. The van der Waals surface area contributed by atoms with E-state index in [1.54, 1.807) is 11.8 Å². The van der Waals surface area contributed by atoms with Crippen LogP contribution in [0.4, 0.5) is 10.5 Å². The molecule has 1 aromatic heterocycles. The average molecular weight is 267 g/mol. The Morgan fingerprint density at radius 3 is 3.16 bits per heavy atom. The lowest BCUT2D eigenvalue weighted by molar-refractivity contribution is 0.195. The Bertz CT molecular complexity index is 420. The summed E-state index contributed by atoms with van der Waals surface area (Å²) >= 11 is 0. The maximum atomic E-state index is 11.6. The molecule has 2 rings (SSSR count). The Balaban J connectivity index is 1.74. The fourth-order valence-electron chi connectivity index (χ4n) is 2.19. The van der Waals surface area contributed by atoms with E-state index >= 15 is 0 Å². The molecule has 1 aliphatic rings. The van der Waals surface area contributed by atoms with Gasteiger partial charge in [-0.3, -0.25) is 4.68 Å². The third-order valence-electron chi connectivity index (χ3n) is 3.17. The molecule has 0 bridgehead atoms. The van der Waals surface area contributed by atoms with Gasteiger partial charge in [0.1, 0.15) is 0 Å². The van der Waals surface area contributed by atoms with Gasteiger partial charge >= 0.3 is 6.03 Å². The second-order valence-electron chi connectivity index (χ2n) is 4.70. The van der Waals surface area contributed by atoms with Crippen LogP contribution in [0.1, 0.15) is 6.42 Å². The fraction of sp³-hybridized carbons (Fsp3) is 0.667. The van der Waals surface area contributed by atoms with Crippen molar-refractivity contribution in [1.82, 2.24) is 20.4 Å². The quantitative estimate of drug-likeness (QED) is 0.734. The van der Waals surface area contributed by atoms with Crippen LogP contribution >= 0.6 is 0 Å².